The fourth-order valence-corrected chi connectivity index (χ4v) is 14.5. The molecule has 3 aliphatic rings. The van der Waals surface area contributed by atoms with E-state index < -0.39 is 0 Å². The van der Waals surface area contributed by atoms with Crippen LogP contribution in [0.3, 0.4) is 0 Å². The topological polar surface area (TPSA) is 24.6 Å². The normalized spacial score (nSPS) is 14.6. The van der Waals surface area contributed by atoms with Crippen LogP contribution in [0.1, 0.15) is 130 Å². The fraction of sp³-hybridized carbons (Fsp3) is 0.241. The van der Waals surface area contributed by atoms with Crippen LogP contribution in [-0.2, 0) is 27.1 Å². The van der Waals surface area contributed by atoms with Gasteiger partial charge < -0.3 is 18.8 Å². The smallest absolute Gasteiger partial charge is 0.257 e. The number of hydrogen-bond acceptors (Lipinski definition) is 3. The molecule has 0 unspecified atom stereocenters. The summed E-state index contributed by atoms with van der Waals surface area (Å²) in [6.45, 7) is 32.4. The number of furan rings is 1. The van der Waals surface area contributed by atoms with Gasteiger partial charge in [0.1, 0.15) is 11.2 Å². The zero-order chi connectivity index (χ0) is 58.3. The maximum absolute atomic E-state index is 7.67. The summed E-state index contributed by atoms with van der Waals surface area (Å²) >= 11 is 0. The summed E-state index contributed by atoms with van der Waals surface area (Å²) in [6, 6.07) is 74.9. The number of para-hydroxylation sites is 2. The van der Waals surface area contributed by atoms with E-state index >= 15 is 0 Å². The predicted octanol–water partition coefficient (Wildman–Crippen LogP) is 19.9. The highest BCUT2D eigenvalue weighted by molar-refractivity contribution is 7.01. The van der Waals surface area contributed by atoms with Gasteiger partial charge in [0, 0.05) is 55.7 Å². The van der Waals surface area contributed by atoms with E-state index in [9.17, 15) is 0 Å². The Hall–Kier alpha value is -8.54. The Bertz CT molecular complexity index is 4710. The number of hydrogen-bond donors (Lipinski definition) is 0. The van der Waals surface area contributed by atoms with Gasteiger partial charge in [0.15, 0.2) is 0 Å². The third-order valence-corrected chi connectivity index (χ3v) is 19.2. The molecule has 0 saturated carbocycles. The van der Waals surface area contributed by atoms with Crippen molar-refractivity contribution in [1.29, 1.82) is 0 Å². The predicted molar refractivity (Wildman–Crippen MR) is 360 cm³/mol. The lowest BCUT2D eigenvalue weighted by molar-refractivity contribution is 0.590. The van der Waals surface area contributed by atoms with E-state index in [-0.39, 0.29) is 33.8 Å². The molecule has 414 valence electrons. The maximum Gasteiger partial charge on any atom is 0.257 e. The third-order valence-electron chi connectivity index (χ3n) is 19.2. The molecule has 2 aliphatic heterocycles. The van der Waals surface area contributed by atoms with Crippen LogP contribution in [0.15, 0.2) is 199 Å². The minimum Gasteiger partial charge on any atom is -0.456 e. The van der Waals surface area contributed by atoms with Crippen LogP contribution in [0.5, 0.6) is 0 Å². The molecular weight excluding hydrogens is 1020 g/mol. The van der Waals surface area contributed by atoms with Gasteiger partial charge >= 0.3 is 0 Å². The summed E-state index contributed by atoms with van der Waals surface area (Å²) < 4.78 is 10.2. The van der Waals surface area contributed by atoms with E-state index in [2.05, 4.69) is 305 Å². The van der Waals surface area contributed by atoms with E-state index in [1.54, 1.807) is 0 Å². The van der Waals surface area contributed by atoms with Crippen molar-refractivity contribution in [2.75, 3.05) is 9.80 Å². The molecule has 0 N–H and O–H groups in total. The van der Waals surface area contributed by atoms with E-state index in [1.807, 2.05) is 0 Å². The van der Waals surface area contributed by atoms with Gasteiger partial charge in [0.2, 0.25) is 0 Å². The van der Waals surface area contributed by atoms with Crippen molar-refractivity contribution in [3.63, 3.8) is 0 Å². The van der Waals surface area contributed by atoms with Crippen molar-refractivity contribution in [2.24, 2.45) is 0 Å². The van der Waals surface area contributed by atoms with Gasteiger partial charge in [0.25, 0.3) is 6.71 Å². The van der Waals surface area contributed by atoms with Gasteiger partial charge in [-0.2, -0.15) is 0 Å². The van der Waals surface area contributed by atoms with Crippen molar-refractivity contribution >= 4 is 101 Å². The summed E-state index contributed by atoms with van der Waals surface area (Å²) in [7, 11) is 0. The summed E-state index contributed by atoms with van der Waals surface area (Å²) in [4.78, 5) is 5.17. The second-order valence-corrected chi connectivity index (χ2v) is 29.0. The van der Waals surface area contributed by atoms with E-state index in [0.29, 0.717) is 0 Å². The molecule has 0 spiro atoms. The second kappa shape index (κ2) is 17.8. The van der Waals surface area contributed by atoms with Gasteiger partial charge in [-0.1, -0.05) is 218 Å². The standard InChI is InChI=1S/C79H74BN3O/c1-75(2,3)49-29-27-47(28-30-49)48-41-67-72-68(42-48)82(54-38-33-51(34-39-54)77(7,8)9)69-46-66(83-63-25-19-16-22-56(63)59-44-61-58(45-65(59)83)55-21-15-18-24-60(55)79(61,13)14)71-57-23-17-20-26-70(57)84-74(71)73(69)80(72)62-43-52(78(10,11)12)35-40-64(62)81(67)53-36-31-50(32-37-53)76(4,5)6/h15-46H,1-14H3. The van der Waals surface area contributed by atoms with Crippen molar-refractivity contribution in [3.8, 4) is 27.9 Å². The second-order valence-electron chi connectivity index (χ2n) is 29.0. The maximum atomic E-state index is 7.67. The van der Waals surface area contributed by atoms with Crippen LogP contribution in [0.4, 0.5) is 34.1 Å². The highest BCUT2D eigenvalue weighted by Gasteiger charge is 2.47. The van der Waals surface area contributed by atoms with Gasteiger partial charge in [-0.15, -0.1) is 0 Å². The zero-order valence-corrected chi connectivity index (χ0v) is 51.3. The highest BCUT2D eigenvalue weighted by atomic mass is 16.3. The minimum absolute atomic E-state index is 0.00546. The number of rotatable bonds is 4. The first-order valence-corrected chi connectivity index (χ1v) is 30.4. The Morgan fingerprint density at radius 1 is 0.381 bits per heavy atom. The quantitative estimate of drug-likeness (QED) is 0.164. The summed E-state index contributed by atoms with van der Waals surface area (Å²) in [5.74, 6) is 0. The molecule has 15 rings (SSSR count). The molecule has 5 heteroatoms. The van der Waals surface area contributed by atoms with Crippen LogP contribution in [0.25, 0.3) is 71.7 Å². The Balaban J connectivity index is 1.11. The molecule has 12 aromatic rings. The first-order valence-electron chi connectivity index (χ1n) is 30.4. The molecular formula is C79H74BN3O. The van der Waals surface area contributed by atoms with E-state index in [1.165, 1.54) is 105 Å². The SMILES string of the molecule is CC(C)(C)c1ccc(-c2cc3c4c(c2)N(c2ccc(C(C)(C)C)cc2)c2cc(-n5c6ccccc6c6cc7c(cc65)-c5ccccc5C7(C)C)c5c(oc6ccccc65)c2B4c2cc(C(C)(C)C)ccc2N3c2ccc(C(C)(C)C)cc2)cc1. The molecule has 0 fully saturated rings. The largest absolute Gasteiger partial charge is 0.456 e. The Kier molecular flexibility index (Phi) is 11.0. The fourth-order valence-electron chi connectivity index (χ4n) is 14.5. The lowest BCUT2D eigenvalue weighted by atomic mass is 9.33. The van der Waals surface area contributed by atoms with Gasteiger partial charge in [-0.3, -0.25) is 0 Å². The number of aromatic nitrogens is 1. The number of anilines is 6. The number of benzene rings is 10. The lowest BCUT2D eigenvalue weighted by Gasteiger charge is -2.45. The minimum atomic E-state index is -0.216. The molecule has 84 heavy (non-hydrogen) atoms. The third kappa shape index (κ3) is 7.73. The van der Waals surface area contributed by atoms with Gasteiger partial charge in [0.05, 0.1) is 22.1 Å². The Morgan fingerprint density at radius 2 is 0.905 bits per heavy atom. The first-order chi connectivity index (χ1) is 39.9. The van der Waals surface area contributed by atoms with Crippen molar-refractivity contribution in [3.05, 3.63) is 228 Å². The molecule has 2 aromatic heterocycles. The molecule has 0 bridgehead atoms. The average Bonchev–Trinajstić information content (AvgIpc) is 1.43. The molecule has 0 amide bonds. The summed E-state index contributed by atoms with van der Waals surface area (Å²) in [5.41, 5.74) is 28.4. The van der Waals surface area contributed by atoms with Crippen LogP contribution < -0.4 is 26.2 Å². The van der Waals surface area contributed by atoms with Crippen molar-refractivity contribution < 1.29 is 4.42 Å². The average molecular weight is 1090 g/mol. The number of nitrogens with zero attached hydrogens (tertiary/aromatic N) is 3. The highest BCUT2D eigenvalue weighted by Crippen LogP contribution is 2.54. The number of fused-ring (bicyclic) bond motifs is 14. The summed E-state index contributed by atoms with van der Waals surface area (Å²) in [6.07, 6.45) is 0. The molecule has 0 radical (unpaired) electrons. The Labute approximate surface area is 496 Å². The zero-order valence-electron chi connectivity index (χ0n) is 51.3. The molecule has 1 aliphatic carbocycles. The molecule has 10 aromatic carbocycles. The summed E-state index contributed by atoms with van der Waals surface area (Å²) in [5, 5.41) is 4.71. The monoisotopic (exact) mass is 1090 g/mol. The molecule has 0 atom stereocenters. The van der Waals surface area contributed by atoms with E-state index in [0.717, 1.165) is 50.4 Å². The van der Waals surface area contributed by atoms with Crippen LogP contribution in [0, 0.1) is 0 Å². The first kappa shape index (κ1) is 52.3. The van der Waals surface area contributed by atoms with E-state index in [4.69, 9.17) is 4.42 Å². The molecule has 0 saturated heterocycles. The van der Waals surface area contributed by atoms with Crippen LogP contribution in [-0.4, -0.2) is 11.3 Å². The lowest BCUT2D eigenvalue weighted by Crippen LogP contribution is -2.61. The molecule has 4 nitrogen and oxygen atoms in total. The van der Waals surface area contributed by atoms with Crippen LogP contribution in [0.2, 0.25) is 0 Å². The van der Waals surface area contributed by atoms with Crippen molar-refractivity contribution in [1.82, 2.24) is 4.57 Å². The van der Waals surface area contributed by atoms with Crippen molar-refractivity contribution in [2.45, 2.75) is 124 Å². The molecule has 4 heterocycles. The van der Waals surface area contributed by atoms with Gasteiger partial charge in [-0.25, -0.2) is 0 Å². The van der Waals surface area contributed by atoms with Crippen LogP contribution >= 0.6 is 0 Å². The Morgan fingerprint density at radius 3 is 1.52 bits per heavy atom. The van der Waals surface area contributed by atoms with Gasteiger partial charge in [-0.05, 0) is 166 Å².